The van der Waals surface area contributed by atoms with E-state index in [1.807, 2.05) is 13.8 Å². The molecule has 0 spiro atoms. The highest BCUT2D eigenvalue weighted by Crippen LogP contribution is 2.43. The number of anilines is 2. The number of para-hydroxylation sites is 1. The van der Waals surface area contributed by atoms with Crippen molar-refractivity contribution < 1.29 is 10.0 Å². The number of nitrogen functional groups attached to an aromatic ring is 1. The van der Waals surface area contributed by atoms with Crippen LogP contribution in [-0.2, 0) is 0 Å². The Morgan fingerprint density at radius 1 is 1.56 bits per heavy atom. The van der Waals surface area contributed by atoms with Gasteiger partial charge < -0.3 is 16.2 Å². The fourth-order valence-corrected chi connectivity index (χ4v) is 2.22. The summed E-state index contributed by atoms with van der Waals surface area (Å²) in [6, 6.07) is 4.82. The van der Waals surface area contributed by atoms with Gasteiger partial charge in [-0.05, 0) is 18.6 Å². The zero-order valence-electron chi connectivity index (χ0n) is 10.4. The lowest BCUT2D eigenvalue weighted by atomic mass is 9.64. The maximum absolute atomic E-state index is 11.0. The van der Waals surface area contributed by atoms with E-state index < -0.39 is 4.92 Å². The van der Waals surface area contributed by atoms with Crippen molar-refractivity contribution in [1.29, 1.82) is 0 Å². The van der Waals surface area contributed by atoms with Crippen molar-refractivity contribution in [3.8, 4) is 0 Å². The molecular weight excluding hydrogens is 234 g/mol. The molecule has 0 aliphatic heterocycles. The second kappa shape index (κ2) is 4.13. The first-order valence-corrected chi connectivity index (χ1v) is 5.81. The van der Waals surface area contributed by atoms with Crippen LogP contribution in [0.25, 0.3) is 0 Å². The number of aliphatic hydroxyl groups excluding tert-OH is 1. The molecule has 0 aromatic heterocycles. The predicted molar refractivity (Wildman–Crippen MR) is 69.3 cm³/mol. The van der Waals surface area contributed by atoms with Crippen LogP contribution in [-0.4, -0.2) is 22.2 Å². The Hall–Kier alpha value is -1.82. The fraction of sp³-hybridized carbons (Fsp3) is 0.500. The third-order valence-electron chi connectivity index (χ3n) is 3.80. The number of nitro benzene ring substituents is 1. The summed E-state index contributed by atoms with van der Waals surface area (Å²) in [4.78, 5) is 10.5. The van der Waals surface area contributed by atoms with E-state index in [0.717, 1.165) is 0 Å². The molecule has 1 aromatic rings. The zero-order chi connectivity index (χ0) is 13.5. The molecule has 4 N–H and O–H groups in total. The van der Waals surface area contributed by atoms with Crippen molar-refractivity contribution in [3.63, 3.8) is 0 Å². The number of nitrogens with two attached hydrogens (primary N) is 1. The molecule has 6 nitrogen and oxygen atoms in total. The highest BCUT2D eigenvalue weighted by Gasteiger charge is 2.47. The number of benzene rings is 1. The molecule has 0 bridgehead atoms. The first kappa shape index (κ1) is 12.6. The van der Waals surface area contributed by atoms with Crippen molar-refractivity contribution in [2.75, 3.05) is 11.1 Å². The minimum Gasteiger partial charge on any atom is -0.393 e. The van der Waals surface area contributed by atoms with Crippen LogP contribution in [0.3, 0.4) is 0 Å². The molecule has 0 saturated heterocycles. The SMILES string of the molecule is CC1(C)C(O)CC1Nc1cccc(N)c1[N+](=O)[O-]. The van der Waals surface area contributed by atoms with Crippen molar-refractivity contribution in [2.45, 2.75) is 32.4 Å². The summed E-state index contributed by atoms with van der Waals surface area (Å²) in [6.07, 6.45) is 0.203. The lowest BCUT2D eigenvalue weighted by Gasteiger charge is -2.49. The normalized spacial score (nSPS) is 25.3. The Labute approximate surface area is 105 Å². The van der Waals surface area contributed by atoms with Gasteiger partial charge in [0.1, 0.15) is 11.4 Å². The van der Waals surface area contributed by atoms with Gasteiger partial charge in [-0.1, -0.05) is 19.9 Å². The van der Waals surface area contributed by atoms with Gasteiger partial charge in [-0.25, -0.2) is 0 Å². The largest absolute Gasteiger partial charge is 0.393 e. The van der Waals surface area contributed by atoms with E-state index in [-0.39, 0.29) is 28.9 Å². The Balaban J connectivity index is 2.26. The molecule has 0 amide bonds. The maximum Gasteiger partial charge on any atom is 0.314 e. The van der Waals surface area contributed by atoms with Gasteiger partial charge in [0.15, 0.2) is 0 Å². The van der Waals surface area contributed by atoms with Crippen molar-refractivity contribution in [3.05, 3.63) is 28.3 Å². The standard InChI is InChI=1S/C12H17N3O3/c1-12(2)9(6-10(12)16)14-8-5-3-4-7(13)11(8)15(17)18/h3-5,9-10,14,16H,6,13H2,1-2H3. The average Bonchev–Trinajstić information content (AvgIpc) is 2.28. The van der Waals surface area contributed by atoms with Crippen LogP contribution in [0.1, 0.15) is 20.3 Å². The van der Waals surface area contributed by atoms with Gasteiger partial charge >= 0.3 is 5.69 Å². The zero-order valence-corrected chi connectivity index (χ0v) is 10.4. The molecule has 2 atom stereocenters. The Morgan fingerprint density at radius 3 is 2.72 bits per heavy atom. The molecule has 1 fully saturated rings. The number of hydrogen-bond acceptors (Lipinski definition) is 5. The number of nitro groups is 1. The summed E-state index contributed by atoms with van der Waals surface area (Å²) < 4.78 is 0. The molecule has 98 valence electrons. The minimum atomic E-state index is -0.486. The molecule has 1 aromatic carbocycles. The maximum atomic E-state index is 11.0. The summed E-state index contributed by atoms with van der Waals surface area (Å²) in [7, 11) is 0. The first-order chi connectivity index (χ1) is 8.34. The Bertz CT molecular complexity index is 487. The fourth-order valence-electron chi connectivity index (χ4n) is 2.22. The first-order valence-electron chi connectivity index (χ1n) is 5.81. The minimum absolute atomic E-state index is 0.00741. The van der Waals surface area contributed by atoms with Gasteiger partial charge in [-0.2, -0.15) is 0 Å². The molecule has 6 heteroatoms. The van der Waals surface area contributed by atoms with E-state index in [0.29, 0.717) is 12.1 Å². The summed E-state index contributed by atoms with van der Waals surface area (Å²) in [5, 5.41) is 23.8. The monoisotopic (exact) mass is 251 g/mol. The van der Waals surface area contributed by atoms with Gasteiger partial charge in [-0.3, -0.25) is 10.1 Å². The third-order valence-corrected chi connectivity index (χ3v) is 3.80. The topological polar surface area (TPSA) is 101 Å². The highest BCUT2D eigenvalue weighted by molar-refractivity contribution is 5.74. The van der Waals surface area contributed by atoms with Crippen LogP contribution < -0.4 is 11.1 Å². The molecule has 1 aliphatic rings. The van der Waals surface area contributed by atoms with Crippen LogP contribution in [0.15, 0.2) is 18.2 Å². The molecular formula is C12H17N3O3. The Morgan fingerprint density at radius 2 is 2.22 bits per heavy atom. The molecule has 2 rings (SSSR count). The van der Waals surface area contributed by atoms with Crippen molar-refractivity contribution >= 4 is 17.1 Å². The Kier molecular flexibility index (Phi) is 2.90. The van der Waals surface area contributed by atoms with E-state index in [4.69, 9.17) is 5.73 Å². The van der Waals surface area contributed by atoms with E-state index in [9.17, 15) is 15.2 Å². The average molecular weight is 251 g/mol. The number of hydrogen-bond donors (Lipinski definition) is 3. The summed E-state index contributed by atoms with van der Waals surface area (Å²) in [6.45, 7) is 3.86. The number of nitrogens with one attached hydrogen (secondary N) is 1. The van der Waals surface area contributed by atoms with Crippen LogP contribution in [0.4, 0.5) is 17.1 Å². The summed E-state index contributed by atoms with van der Waals surface area (Å²) >= 11 is 0. The van der Waals surface area contributed by atoms with Crippen LogP contribution in [0.2, 0.25) is 0 Å². The molecule has 0 heterocycles. The smallest absolute Gasteiger partial charge is 0.314 e. The predicted octanol–water partition coefficient (Wildman–Crippen LogP) is 1.75. The molecule has 1 saturated carbocycles. The number of nitrogens with zero attached hydrogens (tertiary/aromatic N) is 1. The van der Waals surface area contributed by atoms with Gasteiger partial charge in [0, 0.05) is 11.5 Å². The van der Waals surface area contributed by atoms with Crippen molar-refractivity contribution in [2.24, 2.45) is 5.41 Å². The van der Waals surface area contributed by atoms with Crippen LogP contribution >= 0.6 is 0 Å². The van der Waals surface area contributed by atoms with Gasteiger partial charge in [0.25, 0.3) is 0 Å². The van der Waals surface area contributed by atoms with E-state index in [1.165, 1.54) is 6.07 Å². The highest BCUT2D eigenvalue weighted by atomic mass is 16.6. The lowest BCUT2D eigenvalue weighted by Crippen LogP contribution is -2.56. The van der Waals surface area contributed by atoms with Crippen molar-refractivity contribution in [1.82, 2.24) is 0 Å². The molecule has 2 unspecified atom stereocenters. The molecule has 18 heavy (non-hydrogen) atoms. The number of aliphatic hydroxyl groups is 1. The van der Waals surface area contributed by atoms with Gasteiger partial charge in [0.05, 0.1) is 11.0 Å². The summed E-state index contributed by atoms with van der Waals surface area (Å²) in [5.41, 5.74) is 5.77. The van der Waals surface area contributed by atoms with Gasteiger partial charge in [-0.15, -0.1) is 0 Å². The third kappa shape index (κ3) is 1.88. The number of rotatable bonds is 3. The quantitative estimate of drug-likeness (QED) is 0.431. The van der Waals surface area contributed by atoms with E-state index >= 15 is 0 Å². The van der Waals surface area contributed by atoms with Gasteiger partial charge in [0.2, 0.25) is 0 Å². The van der Waals surface area contributed by atoms with Crippen LogP contribution in [0, 0.1) is 15.5 Å². The molecule has 1 aliphatic carbocycles. The second-order valence-corrected chi connectivity index (χ2v) is 5.27. The summed E-state index contributed by atoms with van der Waals surface area (Å²) in [5.74, 6) is 0. The van der Waals surface area contributed by atoms with E-state index in [1.54, 1.807) is 12.1 Å². The second-order valence-electron chi connectivity index (χ2n) is 5.27. The van der Waals surface area contributed by atoms with Crippen LogP contribution in [0.5, 0.6) is 0 Å². The molecule has 0 radical (unpaired) electrons. The lowest BCUT2D eigenvalue weighted by molar-refractivity contribution is -0.383. The van der Waals surface area contributed by atoms with E-state index in [2.05, 4.69) is 5.32 Å².